The first-order chi connectivity index (χ1) is 14.1. The third-order valence-electron chi connectivity index (χ3n) is 4.16. The van der Waals surface area contributed by atoms with Gasteiger partial charge >= 0.3 is 11.9 Å². The number of fused-ring (bicyclic) bond motifs is 1. The second-order valence-electron chi connectivity index (χ2n) is 6.13. The predicted octanol–water partition coefficient (Wildman–Crippen LogP) is 3.43. The molecule has 1 aliphatic heterocycles. The minimum Gasteiger partial charge on any atom is -0.462 e. The zero-order chi connectivity index (χ0) is 20.6. The molecule has 0 unspecified atom stereocenters. The molecule has 0 N–H and O–H groups in total. The molecular formula is C22H23NO6. The van der Waals surface area contributed by atoms with Crippen LogP contribution in [0.1, 0.15) is 19.4 Å². The van der Waals surface area contributed by atoms with Crippen LogP contribution in [0.15, 0.2) is 60.3 Å². The summed E-state index contributed by atoms with van der Waals surface area (Å²) >= 11 is 0. The molecule has 0 saturated heterocycles. The van der Waals surface area contributed by atoms with Gasteiger partial charge in [0.15, 0.2) is 17.1 Å². The second kappa shape index (κ2) is 9.64. The molecule has 0 saturated carbocycles. The lowest BCUT2D eigenvalue weighted by atomic mass is 10.1. The normalized spacial score (nSPS) is 11.5. The standard InChI is InChI=1S/C22H23NO6/c1-3-26-21(24)18(22(25)27-4-2)14-23(13-16-8-6-5-7-9-16)17-10-11-19-20(12-17)29-15-28-19/h5-12,14H,3-4,13,15H2,1-2H3. The van der Waals surface area contributed by atoms with Crippen LogP contribution < -0.4 is 14.4 Å². The highest BCUT2D eigenvalue weighted by molar-refractivity contribution is 6.14. The largest absolute Gasteiger partial charge is 0.462 e. The van der Waals surface area contributed by atoms with E-state index in [9.17, 15) is 9.59 Å². The highest BCUT2D eigenvalue weighted by atomic mass is 16.7. The first-order valence-electron chi connectivity index (χ1n) is 9.38. The summed E-state index contributed by atoms with van der Waals surface area (Å²) < 4.78 is 20.9. The van der Waals surface area contributed by atoms with Gasteiger partial charge in [0.2, 0.25) is 6.79 Å². The molecule has 0 spiro atoms. The van der Waals surface area contributed by atoms with E-state index < -0.39 is 11.9 Å². The van der Waals surface area contributed by atoms with Crippen molar-refractivity contribution in [1.82, 2.24) is 0 Å². The van der Waals surface area contributed by atoms with Gasteiger partial charge in [0.25, 0.3) is 0 Å². The lowest BCUT2D eigenvalue weighted by Gasteiger charge is -2.22. The second-order valence-corrected chi connectivity index (χ2v) is 6.13. The van der Waals surface area contributed by atoms with Gasteiger partial charge in [0, 0.05) is 24.5 Å². The molecule has 0 bridgehead atoms. The maximum Gasteiger partial charge on any atom is 0.347 e. The van der Waals surface area contributed by atoms with Crippen LogP contribution in [0.25, 0.3) is 0 Å². The van der Waals surface area contributed by atoms with Gasteiger partial charge in [-0.1, -0.05) is 30.3 Å². The van der Waals surface area contributed by atoms with E-state index >= 15 is 0 Å². The number of carbonyl (C=O) groups is 2. The Balaban J connectivity index is 2.01. The molecule has 7 nitrogen and oxygen atoms in total. The summed E-state index contributed by atoms with van der Waals surface area (Å²) in [5, 5.41) is 0. The Labute approximate surface area is 169 Å². The van der Waals surface area contributed by atoms with E-state index in [0.29, 0.717) is 18.0 Å². The highest BCUT2D eigenvalue weighted by Gasteiger charge is 2.24. The number of nitrogens with zero attached hydrogens (tertiary/aromatic N) is 1. The predicted molar refractivity (Wildman–Crippen MR) is 107 cm³/mol. The third kappa shape index (κ3) is 5.07. The minimum atomic E-state index is -0.732. The van der Waals surface area contributed by atoms with E-state index in [0.717, 1.165) is 11.3 Å². The third-order valence-corrected chi connectivity index (χ3v) is 4.16. The number of esters is 2. The topological polar surface area (TPSA) is 74.3 Å². The van der Waals surface area contributed by atoms with Crippen molar-refractivity contribution >= 4 is 17.6 Å². The van der Waals surface area contributed by atoms with Crippen molar-refractivity contribution in [1.29, 1.82) is 0 Å². The average molecular weight is 397 g/mol. The fourth-order valence-corrected chi connectivity index (χ4v) is 2.82. The van der Waals surface area contributed by atoms with Crippen LogP contribution >= 0.6 is 0 Å². The number of hydrogen-bond acceptors (Lipinski definition) is 7. The molecule has 2 aromatic carbocycles. The van der Waals surface area contributed by atoms with E-state index in [1.165, 1.54) is 6.20 Å². The monoisotopic (exact) mass is 397 g/mol. The number of rotatable bonds is 8. The van der Waals surface area contributed by atoms with E-state index in [1.54, 1.807) is 30.9 Å². The lowest BCUT2D eigenvalue weighted by molar-refractivity contribution is -0.146. The van der Waals surface area contributed by atoms with Crippen LogP contribution in [0.4, 0.5) is 5.69 Å². The van der Waals surface area contributed by atoms with E-state index in [2.05, 4.69) is 0 Å². The molecular weight excluding hydrogens is 374 g/mol. The van der Waals surface area contributed by atoms with Crippen LogP contribution in [0.3, 0.4) is 0 Å². The molecule has 0 radical (unpaired) electrons. The Hall–Kier alpha value is -3.48. The van der Waals surface area contributed by atoms with Crippen molar-refractivity contribution in [3.8, 4) is 11.5 Å². The summed E-state index contributed by atoms with van der Waals surface area (Å²) in [6.07, 6.45) is 1.46. The first kappa shape index (κ1) is 20.3. The summed E-state index contributed by atoms with van der Waals surface area (Å²) in [5.41, 5.74) is 1.54. The smallest absolute Gasteiger partial charge is 0.347 e. The number of hydrogen-bond donors (Lipinski definition) is 0. The van der Waals surface area contributed by atoms with Gasteiger partial charge in [0.05, 0.1) is 13.2 Å². The molecule has 2 aromatic rings. The fourth-order valence-electron chi connectivity index (χ4n) is 2.82. The van der Waals surface area contributed by atoms with Crippen LogP contribution in [-0.4, -0.2) is 31.9 Å². The maximum atomic E-state index is 12.4. The Morgan fingerprint density at radius 1 is 0.966 bits per heavy atom. The van der Waals surface area contributed by atoms with Crippen molar-refractivity contribution < 1.29 is 28.5 Å². The van der Waals surface area contributed by atoms with Gasteiger partial charge in [-0.15, -0.1) is 0 Å². The lowest BCUT2D eigenvalue weighted by Crippen LogP contribution is -2.24. The summed E-state index contributed by atoms with van der Waals surface area (Å²) in [6.45, 7) is 4.24. The van der Waals surface area contributed by atoms with Gasteiger partial charge < -0.3 is 23.8 Å². The Morgan fingerprint density at radius 2 is 1.62 bits per heavy atom. The molecule has 0 aromatic heterocycles. The van der Waals surface area contributed by atoms with Gasteiger partial charge in [0.1, 0.15) is 0 Å². The number of carbonyl (C=O) groups excluding carboxylic acids is 2. The average Bonchev–Trinajstić information content (AvgIpc) is 3.20. The Bertz CT molecular complexity index is 873. The molecule has 1 heterocycles. The molecule has 0 fully saturated rings. The molecule has 1 aliphatic rings. The van der Waals surface area contributed by atoms with Crippen LogP contribution in [0, 0.1) is 0 Å². The number of benzene rings is 2. The van der Waals surface area contributed by atoms with Crippen molar-refractivity contribution in [3.63, 3.8) is 0 Å². The van der Waals surface area contributed by atoms with E-state index in [4.69, 9.17) is 18.9 Å². The number of ether oxygens (including phenoxy) is 4. The summed E-state index contributed by atoms with van der Waals surface area (Å²) in [5.74, 6) is -0.217. The molecule has 0 atom stereocenters. The molecule has 0 amide bonds. The maximum absolute atomic E-state index is 12.4. The van der Waals surface area contributed by atoms with Crippen LogP contribution in [0.5, 0.6) is 11.5 Å². The highest BCUT2D eigenvalue weighted by Crippen LogP contribution is 2.36. The minimum absolute atomic E-state index is 0.151. The summed E-state index contributed by atoms with van der Waals surface area (Å²) in [7, 11) is 0. The van der Waals surface area contributed by atoms with Crippen molar-refractivity contribution in [2.45, 2.75) is 20.4 Å². The van der Waals surface area contributed by atoms with Crippen LogP contribution in [0.2, 0.25) is 0 Å². The SMILES string of the molecule is CCOC(=O)C(=CN(Cc1ccccc1)c1ccc2c(c1)OCO2)C(=O)OCC. The van der Waals surface area contributed by atoms with Gasteiger partial charge in [-0.3, -0.25) is 0 Å². The first-order valence-corrected chi connectivity index (χ1v) is 9.38. The van der Waals surface area contributed by atoms with Gasteiger partial charge in [-0.25, -0.2) is 9.59 Å². The molecule has 29 heavy (non-hydrogen) atoms. The van der Waals surface area contributed by atoms with Gasteiger partial charge in [-0.05, 0) is 31.5 Å². The van der Waals surface area contributed by atoms with E-state index in [-0.39, 0.29) is 25.6 Å². The zero-order valence-electron chi connectivity index (χ0n) is 16.4. The summed E-state index contributed by atoms with van der Waals surface area (Å²) in [6, 6.07) is 15.1. The van der Waals surface area contributed by atoms with Gasteiger partial charge in [-0.2, -0.15) is 0 Å². The zero-order valence-corrected chi connectivity index (χ0v) is 16.4. The van der Waals surface area contributed by atoms with Crippen LogP contribution in [-0.2, 0) is 25.6 Å². The molecule has 7 heteroatoms. The van der Waals surface area contributed by atoms with Crippen molar-refractivity contribution in [2.24, 2.45) is 0 Å². The van der Waals surface area contributed by atoms with E-state index in [1.807, 2.05) is 36.4 Å². The Morgan fingerprint density at radius 3 is 2.28 bits per heavy atom. The Kier molecular flexibility index (Phi) is 6.73. The molecule has 152 valence electrons. The summed E-state index contributed by atoms with van der Waals surface area (Å²) in [4.78, 5) is 26.6. The van der Waals surface area contributed by atoms with Crippen molar-refractivity contribution in [3.05, 3.63) is 65.9 Å². The molecule has 0 aliphatic carbocycles. The van der Waals surface area contributed by atoms with Crippen molar-refractivity contribution in [2.75, 3.05) is 24.9 Å². The number of anilines is 1. The fraction of sp³-hybridized carbons (Fsp3) is 0.273. The quantitative estimate of drug-likeness (QED) is 0.292. The molecule has 3 rings (SSSR count).